The third kappa shape index (κ3) is 4.64. The molecule has 1 amide bonds. The van der Waals surface area contributed by atoms with Crippen LogP contribution in [0.3, 0.4) is 0 Å². The highest BCUT2D eigenvalue weighted by Crippen LogP contribution is 2.24. The molecule has 0 aromatic heterocycles. The minimum atomic E-state index is -0.134. The Morgan fingerprint density at radius 1 is 1.29 bits per heavy atom. The minimum absolute atomic E-state index is 0.100. The maximum atomic E-state index is 11.0. The number of hydrogen-bond acceptors (Lipinski definition) is 3. The zero-order valence-corrected chi connectivity index (χ0v) is 11.1. The molecule has 0 heterocycles. The number of rotatable bonds is 6. The lowest BCUT2D eigenvalue weighted by molar-refractivity contribution is -0.122. The number of carbonyl (C=O) groups is 1. The summed E-state index contributed by atoms with van der Waals surface area (Å²) in [6.45, 7) is 6.15. The van der Waals surface area contributed by atoms with Gasteiger partial charge in [0.05, 0.1) is 0 Å². The molecule has 0 spiro atoms. The molecule has 0 saturated heterocycles. The number of hydrogen-bond donors (Lipinski definition) is 3. The summed E-state index contributed by atoms with van der Waals surface area (Å²) in [6.07, 6.45) is 3.98. The van der Waals surface area contributed by atoms with Crippen LogP contribution in [0.15, 0.2) is 0 Å². The molecule has 1 unspecified atom stereocenters. The molecular formula is C13H27N3O. The van der Waals surface area contributed by atoms with Crippen LogP contribution in [0.4, 0.5) is 0 Å². The number of primary amides is 1. The SMILES string of the molecule is CC(C)C(CN)CNC1CCC(C(N)=O)CC1. The summed E-state index contributed by atoms with van der Waals surface area (Å²) in [6, 6.07) is 0.540. The Hall–Kier alpha value is -0.610. The van der Waals surface area contributed by atoms with Crippen molar-refractivity contribution in [3.8, 4) is 0 Å². The number of nitrogens with two attached hydrogens (primary N) is 2. The monoisotopic (exact) mass is 241 g/mol. The van der Waals surface area contributed by atoms with Crippen molar-refractivity contribution in [2.45, 2.75) is 45.6 Å². The first-order valence-electron chi connectivity index (χ1n) is 6.77. The summed E-state index contributed by atoms with van der Waals surface area (Å²) in [5, 5.41) is 3.58. The Labute approximate surface area is 105 Å². The predicted octanol–water partition coefficient (Wildman–Crippen LogP) is 0.851. The number of carbonyl (C=O) groups excluding carboxylic acids is 1. The highest BCUT2D eigenvalue weighted by molar-refractivity contribution is 5.76. The van der Waals surface area contributed by atoms with E-state index in [1.54, 1.807) is 0 Å². The van der Waals surface area contributed by atoms with Gasteiger partial charge in [-0.05, 0) is 50.6 Å². The first-order chi connectivity index (χ1) is 8.04. The average Bonchev–Trinajstić information content (AvgIpc) is 2.30. The molecule has 0 aromatic rings. The molecule has 0 radical (unpaired) electrons. The quantitative estimate of drug-likeness (QED) is 0.645. The number of amides is 1. The Morgan fingerprint density at radius 2 is 1.88 bits per heavy atom. The van der Waals surface area contributed by atoms with Crippen LogP contribution < -0.4 is 16.8 Å². The van der Waals surface area contributed by atoms with Crippen molar-refractivity contribution in [1.82, 2.24) is 5.32 Å². The maximum Gasteiger partial charge on any atom is 0.220 e. The zero-order chi connectivity index (χ0) is 12.8. The molecule has 4 heteroatoms. The molecule has 1 aliphatic rings. The van der Waals surface area contributed by atoms with Gasteiger partial charge in [0.15, 0.2) is 0 Å². The van der Waals surface area contributed by atoms with Crippen LogP contribution in [0, 0.1) is 17.8 Å². The molecule has 17 heavy (non-hydrogen) atoms. The predicted molar refractivity (Wildman–Crippen MR) is 70.3 cm³/mol. The van der Waals surface area contributed by atoms with Crippen molar-refractivity contribution in [2.24, 2.45) is 29.2 Å². The van der Waals surface area contributed by atoms with Gasteiger partial charge in [-0.3, -0.25) is 4.79 Å². The standard InChI is InChI=1S/C13H27N3O/c1-9(2)11(7-14)8-16-12-5-3-10(4-6-12)13(15)17/h9-12,16H,3-8,14H2,1-2H3,(H2,15,17). The van der Waals surface area contributed by atoms with Gasteiger partial charge in [0.25, 0.3) is 0 Å². The van der Waals surface area contributed by atoms with Crippen LogP contribution >= 0.6 is 0 Å². The van der Waals surface area contributed by atoms with E-state index in [2.05, 4.69) is 19.2 Å². The van der Waals surface area contributed by atoms with Gasteiger partial charge in [0, 0.05) is 12.0 Å². The van der Waals surface area contributed by atoms with Crippen LogP contribution in [0.25, 0.3) is 0 Å². The Bertz CT molecular complexity index is 235. The second kappa shape index (κ2) is 6.97. The van der Waals surface area contributed by atoms with Gasteiger partial charge in [-0.2, -0.15) is 0 Å². The van der Waals surface area contributed by atoms with E-state index in [9.17, 15) is 4.79 Å². The van der Waals surface area contributed by atoms with Crippen molar-refractivity contribution in [2.75, 3.05) is 13.1 Å². The van der Waals surface area contributed by atoms with Crippen LogP contribution in [0.1, 0.15) is 39.5 Å². The summed E-state index contributed by atoms with van der Waals surface area (Å²) >= 11 is 0. The summed E-state index contributed by atoms with van der Waals surface area (Å²) in [5.41, 5.74) is 11.1. The molecular weight excluding hydrogens is 214 g/mol. The first-order valence-corrected chi connectivity index (χ1v) is 6.77. The highest BCUT2D eigenvalue weighted by atomic mass is 16.1. The molecule has 4 nitrogen and oxygen atoms in total. The molecule has 1 rings (SSSR count). The van der Waals surface area contributed by atoms with Crippen LogP contribution in [0.5, 0.6) is 0 Å². The summed E-state index contributed by atoms with van der Waals surface area (Å²) in [4.78, 5) is 11.0. The smallest absolute Gasteiger partial charge is 0.220 e. The molecule has 5 N–H and O–H groups in total. The van der Waals surface area contributed by atoms with E-state index in [-0.39, 0.29) is 11.8 Å². The Balaban J connectivity index is 2.24. The minimum Gasteiger partial charge on any atom is -0.369 e. The molecule has 0 aliphatic heterocycles. The summed E-state index contributed by atoms with van der Waals surface area (Å²) < 4.78 is 0. The van der Waals surface area contributed by atoms with Gasteiger partial charge in [-0.1, -0.05) is 13.8 Å². The molecule has 1 atom stereocenters. The fraction of sp³-hybridized carbons (Fsp3) is 0.923. The van der Waals surface area contributed by atoms with Crippen molar-refractivity contribution < 1.29 is 4.79 Å². The zero-order valence-electron chi connectivity index (χ0n) is 11.1. The molecule has 1 saturated carbocycles. The molecule has 0 aromatic carbocycles. The van der Waals surface area contributed by atoms with E-state index in [0.29, 0.717) is 17.9 Å². The van der Waals surface area contributed by atoms with Crippen LogP contribution in [-0.2, 0) is 4.79 Å². The fourth-order valence-electron chi connectivity index (χ4n) is 2.49. The highest BCUT2D eigenvalue weighted by Gasteiger charge is 2.24. The second-order valence-corrected chi connectivity index (χ2v) is 5.60. The Kier molecular flexibility index (Phi) is 5.92. The van der Waals surface area contributed by atoms with Gasteiger partial charge < -0.3 is 16.8 Å². The second-order valence-electron chi connectivity index (χ2n) is 5.60. The van der Waals surface area contributed by atoms with Crippen molar-refractivity contribution in [3.05, 3.63) is 0 Å². The van der Waals surface area contributed by atoms with E-state index in [1.807, 2.05) is 0 Å². The lowest BCUT2D eigenvalue weighted by atomic mass is 9.85. The topological polar surface area (TPSA) is 81.1 Å². The van der Waals surface area contributed by atoms with E-state index in [0.717, 1.165) is 38.8 Å². The van der Waals surface area contributed by atoms with Gasteiger partial charge in [0.2, 0.25) is 5.91 Å². The van der Waals surface area contributed by atoms with E-state index < -0.39 is 0 Å². The van der Waals surface area contributed by atoms with Gasteiger partial charge in [-0.15, -0.1) is 0 Å². The maximum absolute atomic E-state index is 11.0. The lowest BCUT2D eigenvalue weighted by Gasteiger charge is -2.29. The van der Waals surface area contributed by atoms with Crippen molar-refractivity contribution >= 4 is 5.91 Å². The lowest BCUT2D eigenvalue weighted by Crippen LogP contribution is -2.41. The van der Waals surface area contributed by atoms with Gasteiger partial charge in [0.1, 0.15) is 0 Å². The molecule has 0 bridgehead atoms. The number of nitrogens with one attached hydrogen (secondary N) is 1. The van der Waals surface area contributed by atoms with E-state index >= 15 is 0 Å². The average molecular weight is 241 g/mol. The molecule has 1 fully saturated rings. The summed E-state index contributed by atoms with van der Waals surface area (Å²) in [5.74, 6) is 1.13. The largest absolute Gasteiger partial charge is 0.369 e. The summed E-state index contributed by atoms with van der Waals surface area (Å²) in [7, 11) is 0. The fourth-order valence-corrected chi connectivity index (χ4v) is 2.49. The van der Waals surface area contributed by atoms with E-state index in [4.69, 9.17) is 11.5 Å². The van der Waals surface area contributed by atoms with Gasteiger partial charge >= 0.3 is 0 Å². The molecule has 1 aliphatic carbocycles. The van der Waals surface area contributed by atoms with Crippen molar-refractivity contribution in [1.29, 1.82) is 0 Å². The normalized spacial score (nSPS) is 27.1. The first kappa shape index (κ1) is 14.5. The molecule has 100 valence electrons. The van der Waals surface area contributed by atoms with Crippen molar-refractivity contribution in [3.63, 3.8) is 0 Å². The Morgan fingerprint density at radius 3 is 2.29 bits per heavy atom. The van der Waals surface area contributed by atoms with Crippen LogP contribution in [0.2, 0.25) is 0 Å². The third-order valence-electron chi connectivity index (χ3n) is 4.04. The van der Waals surface area contributed by atoms with E-state index in [1.165, 1.54) is 0 Å². The van der Waals surface area contributed by atoms with Gasteiger partial charge in [-0.25, -0.2) is 0 Å². The van der Waals surface area contributed by atoms with Crippen LogP contribution in [-0.4, -0.2) is 25.0 Å². The third-order valence-corrected chi connectivity index (χ3v) is 4.04.